The van der Waals surface area contributed by atoms with Gasteiger partial charge in [0.1, 0.15) is 5.60 Å². The van der Waals surface area contributed by atoms with Gasteiger partial charge in [0, 0.05) is 0 Å². The van der Waals surface area contributed by atoms with Gasteiger partial charge in [0.15, 0.2) is 0 Å². The average molecular weight is 276 g/mol. The highest BCUT2D eigenvalue weighted by molar-refractivity contribution is 5.70. The number of hydrogen-bond acceptors (Lipinski definition) is 3. The van der Waals surface area contributed by atoms with Crippen molar-refractivity contribution < 1.29 is 9.53 Å². The van der Waals surface area contributed by atoms with Crippen molar-refractivity contribution in [1.29, 1.82) is 0 Å². The fraction of sp³-hybridized carbons (Fsp3) is 0.562. The maximum atomic E-state index is 11.9. The number of alkyl carbamates (subject to hydrolysis) is 1. The summed E-state index contributed by atoms with van der Waals surface area (Å²) in [5, 5.41) is 3.02. The van der Waals surface area contributed by atoms with Gasteiger partial charge < -0.3 is 15.8 Å². The smallest absolute Gasteiger partial charge is 0.408 e. The van der Waals surface area contributed by atoms with Crippen LogP contribution in [0.25, 0.3) is 0 Å². The molecule has 0 heterocycles. The maximum Gasteiger partial charge on any atom is 0.408 e. The Bertz CT molecular complexity index is 487. The second-order valence-electron chi connectivity index (χ2n) is 6.45. The number of nitrogens with two attached hydrogens (primary N) is 1. The molecule has 1 aliphatic rings. The van der Waals surface area contributed by atoms with Crippen LogP contribution in [0.1, 0.15) is 44.7 Å². The molecule has 0 radical (unpaired) electrons. The molecule has 1 amide bonds. The molecule has 1 fully saturated rings. The molecule has 0 aliphatic heterocycles. The van der Waals surface area contributed by atoms with Crippen LogP contribution in [0.4, 0.5) is 4.79 Å². The Balaban J connectivity index is 2.07. The number of nitrogens with one attached hydrogen (secondary N) is 1. The van der Waals surface area contributed by atoms with E-state index in [1.807, 2.05) is 26.8 Å². The number of hydrogen-bond donors (Lipinski definition) is 2. The fourth-order valence-electron chi connectivity index (χ4n) is 2.30. The van der Waals surface area contributed by atoms with Crippen molar-refractivity contribution in [2.45, 2.75) is 51.2 Å². The molecule has 1 aliphatic carbocycles. The Kier molecular flexibility index (Phi) is 4.04. The van der Waals surface area contributed by atoms with E-state index in [4.69, 9.17) is 10.5 Å². The highest BCUT2D eigenvalue weighted by Gasteiger charge is 2.46. The molecule has 0 spiro atoms. The zero-order chi connectivity index (χ0) is 14.8. The van der Waals surface area contributed by atoms with Gasteiger partial charge in [0.05, 0.1) is 5.54 Å². The SMILES string of the molecule is CC(C)(C)OC(=O)NC1(c2cccc(CCN)c2)CC1. The first-order valence-corrected chi connectivity index (χ1v) is 7.15. The van der Waals surface area contributed by atoms with Crippen LogP contribution in [0.5, 0.6) is 0 Å². The van der Waals surface area contributed by atoms with Crippen molar-refractivity contribution in [3.05, 3.63) is 35.4 Å². The van der Waals surface area contributed by atoms with Gasteiger partial charge in [-0.1, -0.05) is 24.3 Å². The van der Waals surface area contributed by atoms with Crippen LogP contribution in [0.2, 0.25) is 0 Å². The molecule has 2 rings (SSSR count). The molecule has 4 nitrogen and oxygen atoms in total. The molecule has 4 heteroatoms. The predicted octanol–water partition coefficient (Wildman–Crippen LogP) is 2.70. The van der Waals surface area contributed by atoms with Gasteiger partial charge in [-0.25, -0.2) is 4.79 Å². The Morgan fingerprint density at radius 1 is 1.40 bits per heavy atom. The largest absolute Gasteiger partial charge is 0.444 e. The lowest BCUT2D eigenvalue weighted by Gasteiger charge is -2.24. The summed E-state index contributed by atoms with van der Waals surface area (Å²) >= 11 is 0. The van der Waals surface area contributed by atoms with Gasteiger partial charge >= 0.3 is 6.09 Å². The average Bonchev–Trinajstić information content (AvgIpc) is 3.08. The maximum absolute atomic E-state index is 11.9. The van der Waals surface area contributed by atoms with Crippen LogP contribution in [-0.2, 0) is 16.7 Å². The van der Waals surface area contributed by atoms with E-state index in [1.54, 1.807) is 0 Å². The summed E-state index contributed by atoms with van der Waals surface area (Å²) in [6.45, 7) is 6.24. The minimum Gasteiger partial charge on any atom is -0.444 e. The van der Waals surface area contributed by atoms with E-state index < -0.39 is 5.60 Å². The van der Waals surface area contributed by atoms with Gasteiger partial charge in [-0.3, -0.25) is 0 Å². The summed E-state index contributed by atoms with van der Waals surface area (Å²) in [5.41, 5.74) is 7.24. The van der Waals surface area contributed by atoms with Crippen molar-refractivity contribution in [2.75, 3.05) is 6.54 Å². The molecular formula is C16H24N2O2. The van der Waals surface area contributed by atoms with Gasteiger partial charge in [-0.05, 0) is 57.7 Å². The first-order valence-electron chi connectivity index (χ1n) is 7.15. The zero-order valence-corrected chi connectivity index (χ0v) is 12.5. The Hall–Kier alpha value is -1.55. The monoisotopic (exact) mass is 276 g/mol. The van der Waals surface area contributed by atoms with E-state index in [9.17, 15) is 4.79 Å². The van der Waals surface area contributed by atoms with Crippen LogP contribution in [-0.4, -0.2) is 18.2 Å². The van der Waals surface area contributed by atoms with E-state index in [0.717, 1.165) is 24.8 Å². The molecule has 1 aromatic carbocycles. The van der Waals surface area contributed by atoms with Gasteiger partial charge in [0.2, 0.25) is 0 Å². The third-order valence-corrected chi connectivity index (χ3v) is 3.40. The van der Waals surface area contributed by atoms with Crippen LogP contribution in [0, 0.1) is 0 Å². The second-order valence-corrected chi connectivity index (χ2v) is 6.45. The van der Waals surface area contributed by atoms with Gasteiger partial charge in [-0.15, -0.1) is 0 Å². The fourth-order valence-corrected chi connectivity index (χ4v) is 2.30. The van der Waals surface area contributed by atoms with Crippen LogP contribution in [0.3, 0.4) is 0 Å². The molecule has 0 aromatic heterocycles. The van der Waals surface area contributed by atoms with Crippen molar-refractivity contribution >= 4 is 6.09 Å². The summed E-state index contributed by atoms with van der Waals surface area (Å²) in [6.07, 6.45) is 2.42. The van der Waals surface area contributed by atoms with Crippen molar-refractivity contribution in [3.8, 4) is 0 Å². The quantitative estimate of drug-likeness (QED) is 0.888. The lowest BCUT2D eigenvalue weighted by atomic mass is 10.0. The summed E-state index contributed by atoms with van der Waals surface area (Å²) in [4.78, 5) is 11.9. The van der Waals surface area contributed by atoms with Crippen LogP contribution >= 0.6 is 0 Å². The summed E-state index contributed by atoms with van der Waals surface area (Å²) in [5.74, 6) is 0. The number of benzene rings is 1. The molecule has 0 unspecified atom stereocenters. The number of carbonyl (C=O) groups excluding carboxylic acids is 1. The first-order chi connectivity index (χ1) is 9.35. The lowest BCUT2D eigenvalue weighted by Crippen LogP contribution is -2.39. The third kappa shape index (κ3) is 3.73. The number of carbonyl (C=O) groups is 1. The summed E-state index contributed by atoms with van der Waals surface area (Å²) in [6, 6.07) is 8.29. The number of amides is 1. The summed E-state index contributed by atoms with van der Waals surface area (Å²) < 4.78 is 5.34. The Morgan fingerprint density at radius 2 is 2.10 bits per heavy atom. The number of ether oxygens (including phenoxy) is 1. The minimum atomic E-state index is -0.471. The summed E-state index contributed by atoms with van der Waals surface area (Å²) in [7, 11) is 0. The van der Waals surface area contributed by atoms with Gasteiger partial charge in [-0.2, -0.15) is 0 Å². The molecule has 20 heavy (non-hydrogen) atoms. The molecule has 1 aromatic rings. The second kappa shape index (κ2) is 5.44. The Labute approximate surface area is 120 Å². The van der Waals surface area contributed by atoms with Crippen molar-refractivity contribution in [3.63, 3.8) is 0 Å². The number of rotatable bonds is 4. The lowest BCUT2D eigenvalue weighted by molar-refractivity contribution is 0.0495. The Morgan fingerprint density at radius 3 is 2.65 bits per heavy atom. The molecule has 3 N–H and O–H groups in total. The normalized spacial score (nSPS) is 16.6. The van der Waals surface area contributed by atoms with Crippen molar-refractivity contribution in [1.82, 2.24) is 5.32 Å². The third-order valence-electron chi connectivity index (χ3n) is 3.40. The van der Waals surface area contributed by atoms with E-state index in [1.165, 1.54) is 5.56 Å². The van der Waals surface area contributed by atoms with E-state index >= 15 is 0 Å². The topological polar surface area (TPSA) is 64.3 Å². The molecule has 0 atom stereocenters. The molecule has 0 bridgehead atoms. The van der Waals surface area contributed by atoms with Crippen LogP contribution < -0.4 is 11.1 Å². The van der Waals surface area contributed by atoms with Crippen molar-refractivity contribution in [2.24, 2.45) is 5.73 Å². The van der Waals surface area contributed by atoms with Gasteiger partial charge in [0.25, 0.3) is 0 Å². The highest BCUT2D eigenvalue weighted by Crippen LogP contribution is 2.45. The van der Waals surface area contributed by atoms with Crippen LogP contribution in [0.15, 0.2) is 24.3 Å². The zero-order valence-electron chi connectivity index (χ0n) is 12.5. The molecular weight excluding hydrogens is 252 g/mol. The minimum absolute atomic E-state index is 0.243. The standard InChI is InChI=1S/C16H24N2O2/c1-15(2,3)20-14(19)18-16(8-9-16)13-6-4-5-12(11-13)7-10-17/h4-6,11H,7-10,17H2,1-3H3,(H,18,19). The molecule has 0 saturated heterocycles. The predicted molar refractivity (Wildman–Crippen MR) is 79.5 cm³/mol. The first kappa shape index (κ1) is 14.9. The van der Waals surface area contributed by atoms with E-state index in [2.05, 4.69) is 23.5 Å². The molecule has 1 saturated carbocycles. The molecule has 110 valence electrons. The van der Waals surface area contributed by atoms with E-state index in [0.29, 0.717) is 6.54 Å². The van der Waals surface area contributed by atoms with E-state index in [-0.39, 0.29) is 11.6 Å². The highest BCUT2D eigenvalue weighted by atomic mass is 16.6.